The fourth-order valence-electron chi connectivity index (χ4n) is 1.88. The lowest BCUT2D eigenvalue weighted by atomic mass is 10.1. The van der Waals surface area contributed by atoms with Crippen LogP contribution in [0.25, 0.3) is 0 Å². The lowest BCUT2D eigenvalue weighted by Crippen LogP contribution is -2.23. The van der Waals surface area contributed by atoms with Gasteiger partial charge in [-0.3, -0.25) is 4.79 Å². The summed E-state index contributed by atoms with van der Waals surface area (Å²) >= 11 is 5.95. The van der Waals surface area contributed by atoms with Gasteiger partial charge in [0.1, 0.15) is 10.9 Å². The number of hydrogen-bond donors (Lipinski definition) is 2. The largest absolute Gasteiger partial charge is 0.508 e. The average molecular weight is 305 g/mol. The van der Waals surface area contributed by atoms with Crippen LogP contribution in [0.2, 0.25) is 5.15 Å². The van der Waals surface area contributed by atoms with Crippen molar-refractivity contribution < 1.29 is 9.90 Å². The predicted molar refractivity (Wildman–Crippen MR) is 82.6 cm³/mol. The smallest absolute Gasteiger partial charge is 0.251 e. The van der Waals surface area contributed by atoms with E-state index in [1.165, 1.54) is 6.07 Å². The first-order chi connectivity index (χ1) is 9.97. The molecule has 1 aromatic heterocycles. The Morgan fingerprint density at radius 2 is 2.05 bits per heavy atom. The third-order valence-corrected chi connectivity index (χ3v) is 3.29. The second-order valence-corrected chi connectivity index (χ2v) is 5.46. The van der Waals surface area contributed by atoms with Crippen molar-refractivity contribution in [3.63, 3.8) is 0 Å². The van der Waals surface area contributed by atoms with Gasteiger partial charge in [0.25, 0.3) is 5.91 Å². The third-order valence-electron chi connectivity index (χ3n) is 3.10. The van der Waals surface area contributed by atoms with Gasteiger partial charge in [-0.25, -0.2) is 4.98 Å². The number of halogens is 1. The zero-order valence-corrected chi connectivity index (χ0v) is 12.7. The number of phenols is 1. The molecule has 0 bridgehead atoms. The third kappa shape index (κ3) is 3.95. The van der Waals surface area contributed by atoms with Crippen molar-refractivity contribution in [3.8, 4) is 5.75 Å². The standard InChI is InChI=1S/C16H17ClN2O2/c1-10(2)13-7-12(8-15(17)19-13)16(21)18-9-11-5-3-4-6-14(11)20/h3-8,10,20H,9H2,1-2H3,(H,18,21). The molecule has 110 valence electrons. The van der Waals surface area contributed by atoms with Crippen LogP contribution in [0.5, 0.6) is 5.75 Å². The fraction of sp³-hybridized carbons (Fsp3) is 0.250. The molecule has 0 saturated carbocycles. The number of aromatic hydroxyl groups is 1. The highest BCUT2D eigenvalue weighted by atomic mass is 35.5. The predicted octanol–water partition coefficient (Wildman–Crippen LogP) is 3.49. The topological polar surface area (TPSA) is 62.2 Å². The van der Waals surface area contributed by atoms with Crippen LogP contribution in [-0.4, -0.2) is 16.0 Å². The van der Waals surface area contributed by atoms with E-state index in [1.807, 2.05) is 13.8 Å². The maximum atomic E-state index is 12.2. The minimum absolute atomic E-state index is 0.161. The molecular formula is C16H17ClN2O2. The van der Waals surface area contributed by atoms with Crippen molar-refractivity contribution >= 4 is 17.5 Å². The van der Waals surface area contributed by atoms with E-state index < -0.39 is 0 Å². The first-order valence-corrected chi connectivity index (χ1v) is 7.07. The molecule has 21 heavy (non-hydrogen) atoms. The Labute approximate surface area is 128 Å². The number of benzene rings is 1. The number of rotatable bonds is 4. The van der Waals surface area contributed by atoms with E-state index in [0.717, 1.165) is 5.69 Å². The molecule has 0 saturated heterocycles. The summed E-state index contributed by atoms with van der Waals surface area (Å²) in [6, 6.07) is 10.2. The normalized spacial score (nSPS) is 10.7. The maximum absolute atomic E-state index is 12.2. The van der Waals surface area contributed by atoms with Gasteiger partial charge in [0, 0.05) is 23.4 Å². The van der Waals surface area contributed by atoms with E-state index in [4.69, 9.17) is 11.6 Å². The first-order valence-electron chi connectivity index (χ1n) is 6.70. The second-order valence-electron chi connectivity index (χ2n) is 5.07. The summed E-state index contributed by atoms with van der Waals surface area (Å²) in [5.74, 6) is 0.103. The number of aromatic nitrogens is 1. The molecular weight excluding hydrogens is 288 g/mol. The molecule has 0 aliphatic rings. The summed E-state index contributed by atoms with van der Waals surface area (Å²) in [4.78, 5) is 16.4. The highest BCUT2D eigenvalue weighted by molar-refractivity contribution is 6.29. The number of carbonyl (C=O) groups excluding carboxylic acids is 1. The zero-order chi connectivity index (χ0) is 15.4. The maximum Gasteiger partial charge on any atom is 0.251 e. The SMILES string of the molecule is CC(C)c1cc(C(=O)NCc2ccccc2O)cc(Cl)n1. The highest BCUT2D eigenvalue weighted by Gasteiger charge is 2.11. The Kier molecular flexibility index (Phi) is 4.81. The summed E-state index contributed by atoms with van der Waals surface area (Å²) in [5.41, 5.74) is 1.90. The molecule has 0 radical (unpaired) electrons. The molecule has 4 nitrogen and oxygen atoms in total. The Hall–Kier alpha value is -2.07. The van der Waals surface area contributed by atoms with Gasteiger partial charge in [-0.2, -0.15) is 0 Å². The quantitative estimate of drug-likeness (QED) is 0.850. The van der Waals surface area contributed by atoms with Crippen LogP contribution in [0.15, 0.2) is 36.4 Å². The monoisotopic (exact) mass is 304 g/mol. The van der Waals surface area contributed by atoms with Crippen molar-refractivity contribution in [1.29, 1.82) is 0 Å². The fourth-order valence-corrected chi connectivity index (χ4v) is 2.10. The minimum Gasteiger partial charge on any atom is -0.508 e. The molecule has 2 rings (SSSR count). The number of pyridine rings is 1. The number of hydrogen-bond acceptors (Lipinski definition) is 3. The van der Waals surface area contributed by atoms with Crippen LogP contribution >= 0.6 is 11.6 Å². The van der Waals surface area contributed by atoms with Crippen LogP contribution in [0, 0.1) is 0 Å². The minimum atomic E-state index is -0.246. The van der Waals surface area contributed by atoms with E-state index in [1.54, 1.807) is 30.3 Å². The molecule has 0 spiro atoms. The van der Waals surface area contributed by atoms with E-state index in [-0.39, 0.29) is 24.1 Å². The number of nitrogens with one attached hydrogen (secondary N) is 1. The van der Waals surface area contributed by atoms with Gasteiger partial charge in [0.15, 0.2) is 0 Å². The molecule has 0 atom stereocenters. The number of carbonyl (C=O) groups is 1. The average Bonchev–Trinajstić information content (AvgIpc) is 2.45. The summed E-state index contributed by atoms with van der Waals surface area (Å²) in [6.07, 6.45) is 0. The lowest BCUT2D eigenvalue weighted by molar-refractivity contribution is 0.0950. The van der Waals surface area contributed by atoms with Gasteiger partial charge in [0.2, 0.25) is 0 Å². The van der Waals surface area contributed by atoms with Crippen LogP contribution in [-0.2, 0) is 6.54 Å². The van der Waals surface area contributed by atoms with Crippen molar-refractivity contribution in [3.05, 3.63) is 58.4 Å². The molecule has 5 heteroatoms. The summed E-state index contributed by atoms with van der Waals surface area (Å²) in [7, 11) is 0. The van der Waals surface area contributed by atoms with Crippen molar-refractivity contribution in [2.24, 2.45) is 0 Å². The second kappa shape index (κ2) is 6.59. The molecule has 0 aliphatic carbocycles. The number of nitrogens with zero attached hydrogens (tertiary/aromatic N) is 1. The first kappa shape index (κ1) is 15.3. The molecule has 1 heterocycles. The van der Waals surface area contributed by atoms with Crippen LogP contribution in [0.4, 0.5) is 0 Å². The molecule has 0 unspecified atom stereocenters. The Morgan fingerprint density at radius 1 is 1.33 bits per heavy atom. The molecule has 2 N–H and O–H groups in total. The Morgan fingerprint density at radius 3 is 2.71 bits per heavy atom. The van der Waals surface area contributed by atoms with Gasteiger partial charge in [0.05, 0.1) is 0 Å². The number of para-hydroxylation sites is 1. The Bertz CT molecular complexity index is 656. The molecule has 0 aliphatic heterocycles. The van der Waals surface area contributed by atoms with Crippen molar-refractivity contribution in [2.75, 3.05) is 0 Å². The van der Waals surface area contributed by atoms with Crippen LogP contribution in [0.3, 0.4) is 0 Å². The van der Waals surface area contributed by atoms with Gasteiger partial charge >= 0.3 is 0 Å². The van der Waals surface area contributed by atoms with Crippen LogP contribution < -0.4 is 5.32 Å². The van der Waals surface area contributed by atoms with E-state index >= 15 is 0 Å². The van der Waals surface area contributed by atoms with Gasteiger partial charge in [-0.15, -0.1) is 0 Å². The molecule has 1 amide bonds. The number of amides is 1. The summed E-state index contributed by atoms with van der Waals surface area (Å²) in [6.45, 7) is 4.23. The Balaban J connectivity index is 2.12. The lowest BCUT2D eigenvalue weighted by Gasteiger charge is -2.10. The molecule has 0 fully saturated rings. The van der Waals surface area contributed by atoms with E-state index in [0.29, 0.717) is 16.3 Å². The molecule has 2 aromatic rings. The van der Waals surface area contributed by atoms with Crippen LogP contribution in [0.1, 0.15) is 41.4 Å². The van der Waals surface area contributed by atoms with Crippen molar-refractivity contribution in [2.45, 2.75) is 26.3 Å². The summed E-state index contributed by atoms with van der Waals surface area (Å²) < 4.78 is 0. The van der Waals surface area contributed by atoms with Crippen molar-refractivity contribution in [1.82, 2.24) is 10.3 Å². The zero-order valence-electron chi connectivity index (χ0n) is 11.9. The van der Waals surface area contributed by atoms with Gasteiger partial charge in [-0.05, 0) is 24.1 Å². The van der Waals surface area contributed by atoms with E-state index in [2.05, 4.69) is 10.3 Å². The van der Waals surface area contributed by atoms with Gasteiger partial charge in [-0.1, -0.05) is 43.6 Å². The molecule has 1 aromatic carbocycles. The van der Waals surface area contributed by atoms with E-state index in [9.17, 15) is 9.90 Å². The summed E-state index contributed by atoms with van der Waals surface area (Å²) in [5, 5.41) is 12.7. The number of phenolic OH excluding ortho intramolecular Hbond substituents is 1. The highest BCUT2D eigenvalue weighted by Crippen LogP contribution is 2.18. The van der Waals surface area contributed by atoms with Gasteiger partial charge < -0.3 is 10.4 Å².